The molecule has 4 rings (SSSR count). The van der Waals surface area contributed by atoms with E-state index in [0.29, 0.717) is 6.17 Å². The molecule has 2 saturated heterocycles. The van der Waals surface area contributed by atoms with Gasteiger partial charge in [-0.25, -0.2) is 0 Å². The van der Waals surface area contributed by atoms with Crippen molar-refractivity contribution in [2.24, 2.45) is 0 Å². The Labute approximate surface area is 154 Å². The van der Waals surface area contributed by atoms with Crippen LogP contribution in [0.4, 0.5) is 5.69 Å². The highest BCUT2D eigenvalue weighted by atomic mass is 16.6. The Morgan fingerprint density at radius 2 is 1.73 bits per heavy atom. The van der Waals surface area contributed by atoms with Crippen molar-refractivity contribution in [2.75, 3.05) is 13.1 Å². The van der Waals surface area contributed by atoms with Gasteiger partial charge in [0.2, 0.25) is 6.17 Å². The summed E-state index contributed by atoms with van der Waals surface area (Å²) < 4.78 is 0. The molecule has 5 nitrogen and oxygen atoms in total. The molecule has 0 aromatic heterocycles. The molecule has 5 heteroatoms. The molecule has 2 aromatic carbocycles. The van der Waals surface area contributed by atoms with E-state index in [4.69, 9.17) is 0 Å². The molecule has 0 aliphatic carbocycles. The molecule has 2 N–H and O–H groups in total. The van der Waals surface area contributed by atoms with Gasteiger partial charge in [0.1, 0.15) is 6.54 Å². The normalized spacial score (nSPS) is 28.3. The highest BCUT2D eigenvalue weighted by Gasteiger charge is 2.44. The number of nitrogens with zero attached hydrogens (tertiary/aromatic N) is 1. The van der Waals surface area contributed by atoms with E-state index in [2.05, 4.69) is 30.3 Å². The lowest BCUT2D eigenvalue weighted by Crippen LogP contribution is -3.35. The van der Waals surface area contributed by atoms with Gasteiger partial charge in [0.15, 0.2) is 0 Å². The Morgan fingerprint density at radius 1 is 0.962 bits per heavy atom. The fourth-order valence-corrected chi connectivity index (χ4v) is 4.87. The maximum atomic E-state index is 11.0. The van der Waals surface area contributed by atoms with Crippen LogP contribution in [0.25, 0.3) is 0 Å². The Balaban J connectivity index is 1.64. The van der Waals surface area contributed by atoms with E-state index in [-0.39, 0.29) is 10.6 Å². The van der Waals surface area contributed by atoms with Crippen molar-refractivity contribution in [3.05, 3.63) is 75.8 Å². The number of benzene rings is 2. The third-order valence-corrected chi connectivity index (χ3v) is 6.10. The van der Waals surface area contributed by atoms with E-state index in [1.165, 1.54) is 49.9 Å². The van der Waals surface area contributed by atoms with Crippen molar-refractivity contribution in [1.82, 2.24) is 0 Å². The van der Waals surface area contributed by atoms with Gasteiger partial charge < -0.3 is 0 Å². The van der Waals surface area contributed by atoms with Gasteiger partial charge in [-0.15, -0.1) is 0 Å². The van der Waals surface area contributed by atoms with Gasteiger partial charge in [0, 0.05) is 30.5 Å². The summed E-state index contributed by atoms with van der Waals surface area (Å²) in [6, 6.07) is 18.7. The summed E-state index contributed by atoms with van der Waals surface area (Å²) in [6.45, 7) is 3.40. The Hall–Kier alpha value is -2.24. The number of nitrogens with one attached hydrogen (secondary N) is 2. The number of nitro benzene ring substituents is 1. The van der Waals surface area contributed by atoms with Crippen LogP contribution in [0.2, 0.25) is 0 Å². The van der Waals surface area contributed by atoms with Crippen LogP contribution in [-0.4, -0.2) is 24.1 Å². The largest absolute Gasteiger partial charge is 0.279 e. The number of hydrogen-bond acceptors (Lipinski definition) is 2. The Bertz CT molecular complexity index is 748. The van der Waals surface area contributed by atoms with E-state index < -0.39 is 0 Å². The third-order valence-electron chi connectivity index (χ3n) is 6.10. The van der Waals surface area contributed by atoms with Crippen molar-refractivity contribution in [3.63, 3.8) is 0 Å². The van der Waals surface area contributed by atoms with Crippen molar-refractivity contribution in [1.29, 1.82) is 0 Å². The summed E-state index contributed by atoms with van der Waals surface area (Å²) in [5.41, 5.74) is 2.78. The van der Waals surface area contributed by atoms with E-state index >= 15 is 0 Å². The summed E-state index contributed by atoms with van der Waals surface area (Å²) in [5.74, 6) is 0. The molecule has 26 heavy (non-hydrogen) atoms. The van der Waals surface area contributed by atoms with E-state index in [0.717, 1.165) is 12.6 Å². The number of piperidine rings is 1. The standard InChI is InChI=1S/C21H25N3O2/c25-24(26)20-11-9-18(10-12-20)21-22(16-17-6-2-1-3-7-17)15-13-19-8-4-5-14-23(19)21/h1-3,6-7,9-12,19,21H,4-5,8,13-16H2/p+2/t19-,21+/m0/s1. The predicted molar refractivity (Wildman–Crippen MR) is 99.9 cm³/mol. The second-order valence-electron chi connectivity index (χ2n) is 7.66. The van der Waals surface area contributed by atoms with Gasteiger partial charge in [-0.05, 0) is 25.0 Å². The fraction of sp³-hybridized carbons (Fsp3) is 0.429. The van der Waals surface area contributed by atoms with Crippen LogP contribution in [0.5, 0.6) is 0 Å². The average molecular weight is 353 g/mol. The summed E-state index contributed by atoms with van der Waals surface area (Å²) in [7, 11) is 0. The van der Waals surface area contributed by atoms with Crippen molar-refractivity contribution in [2.45, 2.75) is 44.4 Å². The maximum absolute atomic E-state index is 11.0. The molecule has 0 spiro atoms. The first-order valence-electron chi connectivity index (χ1n) is 9.71. The molecule has 0 radical (unpaired) electrons. The first-order chi connectivity index (χ1) is 12.7. The number of nitro groups is 1. The number of rotatable bonds is 4. The summed E-state index contributed by atoms with van der Waals surface area (Å²) in [5, 5.41) is 11.0. The van der Waals surface area contributed by atoms with E-state index in [1.807, 2.05) is 12.1 Å². The first-order valence-corrected chi connectivity index (χ1v) is 9.71. The molecular formula is C21H27N3O2+2. The smallest absolute Gasteiger partial charge is 0.269 e. The zero-order valence-corrected chi connectivity index (χ0v) is 15.1. The third kappa shape index (κ3) is 3.50. The van der Waals surface area contributed by atoms with Crippen LogP contribution in [0.1, 0.15) is 43.0 Å². The van der Waals surface area contributed by atoms with Gasteiger partial charge in [0.25, 0.3) is 5.69 Å². The molecule has 0 amide bonds. The van der Waals surface area contributed by atoms with Gasteiger partial charge >= 0.3 is 0 Å². The molecule has 0 saturated carbocycles. The summed E-state index contributed by atoms with van der Waals surface area (Å²) in [6.07, 6.45) is 5.59. The quantitative estimate of drug-likeness (QED) is 0.647. The monoisotopic (exact) mass is 353 g/mol. The number of hydrogen-bond donors (Lipinski definition) is 2. The van der Waals surface area contributed by atoms with Crippen LogP contribution in [0, 0.1) is 10.1 Å². The van der Waals surface area contributed by atoms with Gasteiger partial charge in [-0.2, -0.15) is 0 Å². The minimum Gasteiger partial charge on any atom is -0.279 e. The van der Waals surface area contributed by atoms with E-state index in [1.54, 1.807) is 21.9 Å². The van der Waals surface area contributed by atoms with Crippen LogP contribution in [0.3, 0.4) is 0 Å². The summed E-state index contributed by atoms with van der Waals surface area (Å²) in [4.78, 5) is 14.0. The van der Waals surface area contributed by atoms with E-state index in [9.17, 15) is 10.1 Å². The minimum atomic E-state index is -0.310. The number of fused-ring (bicyclic) bond motifs is 1. The molecule has 0 bridgehead atoms. The highest BCUT2D eigenvalue weighted by molar-refractivity contribution is 5.33. The minimum absolute atomic E-state index is 0.180. The van der Waals surface area contributed by atoms with Crippen LogP contribution >= 0.6 is 0 Å². The fourth-order valence-electron chi connectivity index (χ4n) is 4.87. The Morgan fingerprint density at radius 3 is 2.46 bits per heavy atom. The second kappa shape index (κ2) is 7.56. The van der Waals surface area contributed by atoms with Gasteiger partial charge in [-0.1, -0.05) is 30.3 Å². The van der Waals surface area contributed by atoms with Crippen LogP contribution in [0.15, 0.2) is 54.6 Å². The number of quaternary nitrogens is 2. The lowest BCUT2D eigenvalue weighted by molar-refractivity contribution is -1.17. The molecule has 4 atom stereocenters. The second-order valence-corrected chi connectivity index (χ2v) is 7.66. The zero-order chi connectivity index (χ0) is 17.9. The average Bonchev–Trinajstić information content (AvgIpc) is 2.69. The van der Waals surface area contributed by atoms with Gasteiger partial charge in [-0.3, -0.25) is 19.9 Å². The van der Waals surface area contributed by atoms with Crippen molar-refractivity contribution >= 4 is 5.69 Å². The Kier molecular flexibility index (Phi) is 5.00. The highest BCUT2D eigenvalue weighted by Crippen LogP contribution is 2.18. The SMILES string of the molecule is O=[N+]([O-])c1ccc([C@@H]2[NH+](Cc3ccccc3)CC[C@@H]3CCCC[NH+]32)cc1. The molecule has 136 valence electrons. The lowest BCUT2D eigenvalue weighted by atomic mass is 9.93. The van der Waals surface area contributed by atoms with Crippen LogP contribution in [-0.2, 0) is 6.54 Å². The molecule has 2 fully saturated rings. The maximum Gasteiger partial charge on any atom is 0.269 e. The number of non-ortho nitro benzene ring substituents is 1. The van der Waals surface area contributed by atoms with Crippen LogP contribution < -0.4 is 9.80 Å². The topological polar surface area (TPSA) is 52.0 Å². The zero-order valence-electron chi connectivity index (χ0n) is 15.1. The van der Waals surface area contributed by atoms with Crippen molar-refractivity contribution in [3.8, 4) is 0 Å². The molecule has 2 aliphatic heterocycles. The lowest BCUT2D eigenvalue weighted by Gasteiger charge is -2.45. The molecular weight excluding hydrogens is 326 g/mol. The van der Waals surface area contributed by atoms with Gasteiger partial charge in [0.05, 0.1) is 29.6 Å². The molecule has 2 unspecified atom stereocenters. The molecule has 2 aromatic rings. The predicted octanol–water partition coefficient (Wildman–Crippen LogP) is 1.52. The summed E-state index contributed by atoms with van der Waals surface area (Å²) >= 11 is 0. The molecule has 2 aliphatic rings. The molecule has 2 heterocycles. The first kappa shape index (κ1) is 17.2. The van der Waals surface area contributed by atoms with Crippen molar-refractivity contribution < 1.29 is 14.7 Å².